The van der Waals surface area contributed by atoms with Crippen LogP contribution in [-0.4, -0.2) is 24.3 Å². The summed E-state index contributed by atoms with van der Waals surface area (Å²) >= 11 is 0. The van der Waals surface area contributed by atoms with Crippen LogP contribution in [-0.2, 0) is 0 Å². The summed E-state index contributed by atoms with van der Waals surface area (Å²) < 4.78 is 41.2. The van der Waals surface area contributed by atoms with E-state index in [1.165, 1.54) is 63.5 Å². The van der Waals surface area contributed by atoms with E-state index in [1.807, 2.05) is 0 Å². The van der Waals surface area contributed by atoms with Crippen LogP contribution in [0.4, 0.5) is 8.78 Å². The molecule has 0 aliphatic rings. The van der Waals surface area contributed by atoms with Gasteiger partial charge < -0.3 is 14.6 Å². The van der Waals surface area contributed by atoms with Crippen LogP contribution < -0.4 is 9.47 Å². The Morgan fingerprint density at radius 2 is 1.14 bits per heavy atom. The fourth-order valence-electron chi connectivity index (χ4n) is 5.05. The maximum atomic E-state index is 15.0. The van der Waals surface area contributed by atoms with E-state index >= 15 is 4.39 Å². The van der Waals surface area contributed by atoms with Crippen LogP contribution in [0.25, 0.3) is 22.3 Å². The molecular weight excluding hydrogens is 534 g/mol. The fourth-order valence-corrected chi connectivity index (χ4v) is 5.05. The molecule has 0 bridgehead atoms. The van der Waals surface area contributed by atoms with E-state index in [2.05, 4.69) is 13.8 Å². The van der Waals surface area contributed by atoms with E-state index in [0.29, 0.717) is 35.7 Å². The van der Waals surface area contributed by atoms with E-state index < -0.39 is 17.6 Å². The molecule has 3 rings (SSSR count). The van der Waals surface area contributed by atoms with Crippen molar-refractivity contribution >= 4 is 5.97 Å². The standard InChI is InChI=1S/C36H46F2O4/c1-3-5-7-9-11-13-14-24-41-29-20-21-31(36(39)40)32(26-29)28-18-16-27(17-19-28)30-22-23-33(35(38)34(30)37)42-25-15-12-10-8-6-4-2/h16-23,26H,3-15,24-25H2,1-2H3,(H,39,40). The molecule has 0 radical (unpaired) electrons. The van der Waals surface area contributed by atoms with Gasteiger partial charge in [-0.2, -0.15) is 4.39 Å². The van der Waals surface area contributed by atoms with Gasteiger partial charge in [0.15, 0.2) is 11.6 Å². The minimum absolute atomic E-state index is 0.0826. The number of rotatable bonds is 20. The molecule has 0 saturated carbocycles. The third kappa shape index (κ3) is 10.1. The summed E-state index contributed by atoms with van der Waals surface area (Å²) in [5.74, 6) is -2.48. The zero-order valence-corrected chi connectivity index (χ0v) is 25.2. The molecule has 0 atom stereocenters. The summed E-state index contributed by atoms with van der Waals surface area (Å²) in [6, 6.07) is 14.7. The first-order valence-corrected chi connectivity index (χ1v) is 15.7. The number of hydrogen-bond donors (Lipinski definition) is 1. The van der Waals surface area contributed by atoms with Crippen LogP contribution in [0, 0.1) is 11.6 Å². The molecule has 0 saturated heterocycles. The van der Waals surface area contributed by atoms with Gasteiger partial charge in [0.05, 0.1) is 18.8 Å². The number of carboxylic acid groups (broad SMARTS) is 1. The first-order valence-electron chi connectivity index (χ1n) is 15.7. The van der Waals surface area contributed by atoms with Crippen molar-refractivity contribution in [2.75, 3.05) is 13.2 Å². The second kappa shape index (κ2) is 18.2. The van der Waals surface area contributed by atoms with Crippen LogP contribution in [0.15, 0.2) is 54.6 Å². The lowest BCUT2D eigenvalue weighted by Gasteiger charge is -2.13. The van der Waals surface area contributed by atoms with Gasteiger partial charge in [0.1, 0.15) is 5.75 Å². The van der Waals surface area contributed by atoms with Gasteiger partial charge in [0, 0.05) is 5.56 Å². The Labute approximate surface area is 250 Å². The number of aromatic carboxylic acids is 1. The van der Waals surface area contributed by atoms with E-state index in [0.717, 1.165) is 32.1 Å². The van der Waals surface area contributed by atoms with E-state index in [4.69, 9.17) is 9.47 Å². The van der Waals surface area contributed by atoms with Gasteiger partial charge in [-0.25, -0.2) is 9.18 Å². The molecule has 6 heteroatoms. The van der Waals surface area contributed by atoms with E-state index in [-0.39, 0.29) is 16.9 Å². The van der Waals surface area contributed by atoms with Crippen LogP contribution in [0.1, 0.15) is 108 Å². The number of carbonyl (C=O) groups is 1. The lowest BCUT2D eigenvalue weighted by atomic mass is 9.96. The monoisotopic (exact) mass is 580 g/mol. The Morgan fingerprint density at radius 1 is 0.619 bits per heavy atom. The van der Waals surface area contributed by atoms with Crippen molar-refractivity contribution in [3.05, 3.63) is 71.8 Å². The predicted molar refractivity (Wildman–Crippen MR) is 167 cm³/mol. The molecule has 0 fully saturated rings. The average Bonchev–Trinajstić information content (AvgIpc) is 3.00. The van der Waals surface area contributed by atoms with Gasteiger partial charge in [-0.3, -0.25) is 0 Å². The summed E-state index contributed by atoms with van der Waals surface area (Å²) in [4.78, 5) is 11.9. The highest BCUT2D eigenvalue weighted by Gasteiger charge is 2.17. The zero-order chi connectivity index (χ0) is 30.2. The average molecular weight is 581 g/mol. The summed E-state index contributed by atoms with van der Waals surface area (Å²) in [5.41, 5.74) is 1.92. The minimum atomic E-state index is -1.04. The highest BCUT2D eigenvalue weighted by Crippen LogP contribution is 2.33. The zero-order valence-electron chi connectivity index (χ0n) is 25.2. The van der Waals surface area contributed by atoms with Gasteiger partial charge >= 0.3 is 5.97 Å². The van der Waals surface area contributed by atoms with Gasteiger partial charge in [0.25, 0.3) is 0 Å². The first kappa shape index (κ1) is 33.1. The maximum absolute atomic E-state index is 15.0. The van der Waals surface area contributed by atoms with Crippen molar-refractivity contribution in [1.29, 1.82) is 0 Å². The summed E-state index contributed by atoms with van der Waals surface area (Å²) in [6.45, 7) is 5.30. The summed E-state index contributed by atoms with van der Waals surface area (Å²) in [6.07, 6.45) is 14.8. The van der Waals surface area contributed by atoms with Crippen molar-refractivity contribution in [1.82, 2.24) is 0 Å². The number of unbranched alkanes of at least 4 members (excludes halogenated alkanes) is 11. The Bertz CT molecular complexity index is 1240. The van der Waals surface area contributed by atoms with Crippen LogP contribution >= 0.6 is 0 Å². The van der Waals surface area contributed by atoms with Gasteiger partial charge in [-0.15, -0.1) is 0 Å². The number of halogens is 2. The first-order chi connectivity index (χ1) is 20.5. The molecule has 0 aromatic heterocycles. The smallest absolute Gasteiger partial charge is 0.336 e. The van der Waals surface area contributed by atoms with Crippen LogP contribution in [0.5, 0.6) is 11.5 Å². The third-order valence-corrected chi connectivity index (χ3v) is 7.55. The number of ether oxygens (including phenoxy) is 2. The molecular formula is C36H46F2O4. The van der Waals surface area contributed by atoms with Gasteiger partial charge in [0.2, 0.25) is 5.82 Å². The Morgan fingerprint density at radius 3 is 1.71 bits per heavy atom. The molecule has 4 nitrogen and oxygen atoms in total. The quantitative estimate of drug-likeness (QED) is 0.135. The maximum Gasteiger partial charge on any atom is 0.336 e. The molecule has 0 unspecified atom stereocenters. The molecule has 0 spiro atoms. The second-order valence-corrected chi connectivity index (χ2v) is 10.9. The van der Waals surface area contributed by atoms with Crippen LogP contribution in [0.2, 0.25) is 0 Å². The Hall–Kier alpha value is -3.41. The van der Waals surface area contributed by atoms with E-state index in [9.17, 15) is 14.3 Å². The predicted octanol–water partition coefficient (Wildman–Crippen LogP) is 10.9. The SMILES string of the molecule is CCCCCCCCCOc1ccc(C(=O)O)c(-c2ccc(-c3ccc(OCCCCCCCC)c(F)c3F)cc2)c1. The lowest BCUT2D eigenvalue weighted by Crippen LogP contribution is -2.02. The van der Waals surface area contributed by atoms with Crippen molar-refractivity contribution in [2.24, 2.45) is 0 Å². The largest absolute Gasteiger partial charge is 0.494 e. The molecule has 0 heterocycles. The molecule has 3 aromatic carbocycles. The Kier molecular flexibility index (Phi) is 14.3. The molecule has 0 amide bonds. The molecule has 228 valence electrons. The molecule has 3 aromatic rings. The lowest BCUT2D eigenvalue weighted by molar-refractivity contribution is 0.0697. The van der Waals surface area contributed by atoms with E-state index in [1.54, 1.807) is 42.5 Å². The topological polar surface area (TPSA) is 55.8 Å². The highest BCUT2D eigenvalue weighted by atomic mass is 19.2. The number of benzene rings is 3. The number of hydrogen-bond acceptors (Lipinski definition) is 3. The highest BCUT2D eigenvalue weighted by molar-refractivity contribution is 5.96. The van der Waals surface area contributed by atoms with Gasteiger partial charge in [-0.05, 0) is 59.9 Å². The normalized spacial score (nSPS) is 11.0. The molecule has 0 aliphatic heterocycles. The minimum Gasteiger partial charge on any atom is -0.494 e. The second-order valence-electron chi connectivity index (χ2n) is 10.9. The third-order valence-electron chi connectivity index (χ3n) is 7.55. The summed E-state index contributed by atoms with van der Waals surface area (Å²) in [5, 5.41) is 9.76. The fraction of sp³-hybridized carbons (Fsp3) is 0.472. The van der Waals surface area contributed by atoms with Crippen LogP contribution in [0.3, 0.4) is 0 Å². The summed E-state index contributed by atoms with van der Waals surface area (Å²) in [7, 11) is 0. The van der Waals surface area contributed by atoms with Gasteiger partial charge in [-0.1, -0.05) is 109 Å². The molecule has 42 heavy (non-hydrogen) atoms. The number of carboxylic acids is 1. The molecule has 0 aliphatic carbocycles. The Balaban J connectivity index is 1.64. The van der Waals surface area contributed by atoms with Crippen molar-refractivity contribution in [3.8, 4) is 33.8 Å². The van der Waals surface area contributed by atoms with Crippen molar-refractivity contribution < 1.29 is 28.2 Å². The van der Waals surface area contributed by atoms with Crippen molar-refractivity contribution in [2.45, 2.75) is 97.3 Å². The molecule has 1 N–H and O–H groups in total. The van der Waals surface area contributed by atoms with Crippen molar-refractivity contribution in [3.63, 3.8) is 0 Å².